The van der Waals surface area contributed by atoms with Gasteiger partial charge in [0.1, 0.15) is 5.82 Å². The summed E-state index contributed by atoms with van der Waals surface area (Å²) in [4.78, 5) is 9.50. The lowest BCUT2D eigenvalue weighted by Crippen LogP contribution is -2.39. The average Bonchev–Trinajstić information content (AvgIpc) is 2.44. The molecule has 1 aromatic heterocycles. The van der Waals surface area contributed by atoms with Crippen molar-refractivity contribution in [2.24, 2.45) is 11.8 Å². The van der Waals surface area contributed by atoms with Gasteiger partial charge < -0.3 is 4.90 Å². The van der Waals surface area contributed by atoms with E-state index in [0.29, 0.717) is 28.6 Å². The molecule has 3 nitrogen and oxygen atoms in total. The summed E-state index contributed by atoms with van der Waals surface area (Å²) in [5.41, 5.74) is 0.339. The SMILES string of the molecule is CC1CC(C)CN(c2nc(C(F)(F)F)nc3ccccc23)C1. The Labute approximate surface area is 127 Å². The molecule has 1 aromatic carbocycles. The van der Waals surface area contributed by atoms with E-state index in [-0.39, 0.29) is 0 Å². The van der Waals surface area contributed by atoms with Gasteiger partial charge in [-0.05, 0) is 30.4 Å². The topological polar surface area (TPSA) is 29.0 Å². The molecule has 3 rings (SSSR count). The Bertz CT molecular complexity index is 674. The Morgan fingerprint density at radius 1 is 1.05 bits per heavy atom. The normalized spacial score (nSPS) is 23.0. The van der Waals surface area contributed by atoms with Crippen molar-refractivity contribution in [3.8, 4) is 0 Å². The van der Waals surface area contributed by atoms with Gasteiger partial charge in [0.25, 0.3) is 0 Å². The molecule has 2 unspecified atom stereocenters. The maximum atomic E-state index is 13.1. The molecular weight excluding hydrogens is 291 g/mol. The Morgan fingerprint density at radius 2 is 1.68 bits per heavy atom. The summed E-state index contributed by atoms with van der Waals surface area (Å²) in [6, 6.07) is 6.89. The minimum absolute atomic E-state index is 0.339. The van der Waals surface area contributed by atoms with Crippen LogP contribution in [0, 0.1) is 11.8 Å². The first-order valence-corrected chi connectivity index (χ1v) is 7.43. The molecule has 0 amide bonds. The third-order valence-corrected chi connectivity index (χ3v) is 4.01. The van der Waals surface area contributed by atoms with Crippen molar-refractivity contribution in [1.82, 2.24) is 9.97 Å². The smallest absolute Gasteiger partial charge is 0.355 e. The van der Waals surface area contributed by atoms with Crippen LogP contribution in [0.4, 0.5) is 19.0 Å². The summed E-state index contributed by atoms with van der Waals surface area (Å²) >= 11 is 0. The number of fused-ring (bicyclic) bond motifs is 1. The van der Waals surface area contributed by atoms with Crippen molar-refractivity contribution in [2.75, 3.05) is 18.0 Å². The van der Waals surface area contributed by atoms with Gasteiger partial charge in [-0.2, -0.15) is 13.2 Å². The van der Waals surface area contributed by atoms with Crippen molar-refractivity contribution in [3.63, 3.8) is 0 Å². The molecule has 118 valence electrons. The van der Waals surface area contributed by atoms with Crippen LogP contribution in [0.2, 0.25) is 0 Å². The van der Waals surface area contributed by atoms with Gasteiger partial charge in [0.15, 0.2) is 0 Å². The number of aromatic nitrogens is 2. The fraction of sp³-hybridized carbons (Fsp3) is 0.500. The third-order valence-electron chi connectivity index (χ3n) is 4.01. The largest absolute Gasteiger partial charge is 0.451 e. The standard InChI is InChI=1S/C16H18F3N3/c1-10-7-11(2)9-22(8-10)14-12-5-3-4-6-13(12)20-15(21-14)16(17,18)19/h3-6,10-11H,7-9H2,1-2H3. The maximum absolute atomic E-state index is 13.1. The number of nitrogens with zero attached hydrogens (tertiary/aromatic N) is 3. The Balaban J connectivity index is 2.14. The molecule has 1 fully saturated rings. The fourth-order valence-corrected chi connectivity index (χ4v) is 3.26. The monoisotopic (exact) mass is 309 g/mol. The van der Waals surface area contributed by atoms with E-state index in [4.69, 9.17) is 0 Å². The summed E-state index contributed by atoms with van der Waals surface area (Å²) in [6.07, 6.45) is -3.45. The average molecular weight is 309 g/mol. The first kappa shape index (κ1) is 15.1. The van der Waals surface area contributed by atoms with Crippen LogP contribution in [0.1, 0.15) is 26.1 Å². The number of hydrogen-bond acceptors (Lipinski definition) is 3. The molecule has 22 heavy (non-hydrogen) atoms. The van der Waals surface area contributed by atoms with Crippen molar-refractivity contribution in [2.45, 2.75) is 26.4 Å². The highest BCUT2D eigenvalue weighted by Gasteiger charge is 2.36. The number of hydrogen-bond donors (Lipinski definition) is 0. The molecule has 0 spiro atoms. The van der Waals surface area contributed by atoms with E-state index in [2.05, 4.69) is 23.8 Å². The first-order valence-electron chi connectivity index (χ1n) is 7.43. The number of anilines is 1. The molecule has 0 N–H and O–H groups in total. The van der Waals surface area contributed by atoms with Crippen molar-refractivity contribution in [3.05, 3.63) is 30.1 Å². The van der Waals surface area contributed by atoms with Crippen LogP contribution in [0.15, 0.2) is 24.3 Å². The van der Waals surface area contributed by atoms with E-state index < -0.39 is 12.0 Å². The van der Waals surface area contributed by atoms with Crippen LogP contribution in [-0.2, 0) is 6.18 Å². The molecular formula is C16H18F3N3. The lowest BCUT2D eigenvalue weighted by molar-refractivity contribution is -0.144. The second-order valence-corrected chi connectivity index (χ2v) is 6.24. The first-order chi connectivity index (χ1) is 10.3. The van der Waals surface area contributed by atoms with Gasteiger partial charge >= 0.3 is 6.18 Å². The molecule has 0 saturated carbocycles. The van der Waals surface area contributed by atoms with Gasteiger partial charge in [-0.25, -0.2) is 9.97 Å². The van der Waals surface area contributed by atoms with Crippen molar-refractivity contribution < 1.29 is 13.2 Å². The Kier molecular flexibility index (Phi) is 3.70. The highest BCUT2D eigenvalue weighted by atomic mass is 19.4. The lowest BCUT2D eigenvalue weighted by Gasteiger charge is -2.36. The zero-order valence-corrected chi connectivity index (χ0v) is 12.6. The van der Waals surface area contributed by atoms with Crippen molar-refractivity contribution in [1.29, 1.82) is 0 Å². The molecule has 6 heteroatoms. The molecule has 1 aliphatic heterocycles. The predicted octanol–water partition coefficient (Wildman–Crippen LogP) is 4.13. The lowest BCUT2D eigenvalue weighted by atomic mass is 9.92. The maximum Gasteiger partial charge on any atom is 0.451 e. The van der Waals surface area contributed by atoms with E-state index in [9.17, 15) is 13.2 Å². The number of alkyl halides is 3. The second kappa shape index (κ2) is 5.41. The van der Waals surface area contributed by atoms with Gasteiger partial charge in [0.2, 0.25) is 5.82 Å². The fourth-order valence-electron chi connectivity index (χ4n) is 3.26. The minimum Gasteiger partial charge on any atom is -0.355 e. The quantitative estimate of drug-likeness (QED) is 0.793. The minimum atomic E-state index is -4.54. The summed E-state index contributed by atoms with van der Waals surface area (Å²) in [6.45, 7) is 5.69. The number of piperidine rings is 1. The van der Waals surface area contributed by atoms with Crippen LogP contribution in [-0.4, -0.2) is 23.1 Å². The highest BCUT2D eigenvalue weighted by Crippen LogP contribution is 2.34. The zero-order valence-electron chi connectivity index (χ0n) is 12.6. The van der Waals surface area contributed by atoms with Crippen LogP contribution in [0.25, 0.3) is 10.9 Å². The second-order valence-electron chi connectivity index (χ2n) is 6.24. The van der Waals surface area contributed by atoms with Crippen molar-refractivity contribution >= 4 is 16.7 Å². The zero-order chi connectivity index (χ0) is 15.9. The van der Waals surface area contributed by atoms with Gasteiger partial charge in [-0.3, -0.25) is 0 Å². The summed E-state index contributed by atoms with van der Waals surface area (Å²) < 4.78 is 39.2. The van der Waals surface area contributed by atoms with E-state index >= 15 is 0 Å². The highest BCUT2D eigenvalue weighted by molar-refractivity contribution is 5.89. The molecule has 1 aliphatic rings. The summed E-state index contributed by atoms with van der Waals surface area (Å²) in [5.74, 6) is 0.210. The molecule has 0 bridgehead atoms. The van der Waals surface area contributed by atoms with E-state index in [1.165, 1.54) is 0 Å². The van der Waals surface area contributed by atoms with E-state index in [1.807, 2.05) is 4.90 Å². The van der Waals surface area contributed by atoms with Gasteiger partial charge in [-0.15, -0.1) is 0 Å². The molecule has 0 aliphatic carbocycles. The molecule has 2 heterocycles. The molecule has 2 aromatic rings. The number of para-hydroxylation sites is 1. The Morgan fingerprint density at radius 3 is 2.32 bits per heavy atom. The molecule has 2 atom stereocenters. The summed E-state index contributed by atoms with van der Waals surface area (Å²) in [7, 11) is 0. The predicted molar refractivity (Wildman–Crippen MR) is 79.7 cm³/mol. The Hall–Kier alpha value is -1.85. The number of rotatable bonds is 1. The number of benzene rings is 1. The third kappa shape index (κ3) is 2.87. The van der Waals surface area contributed by atoms with Gasteiger partial charge in [-0.1, -0.05) is 26.0 Å². The molecule has 1 saturated heterocycles. The molecule has 0 radical (unpaired) electrons. The van der Waals surface area contributed by atoms with Crippen LogP contribution < -0.4 is 4.90 Å². The van der Waals surface area contributed by atoms with Crippen LogP contribution >= 0.6 is 0 Å². The van der Waals surface area contributed by atoms with Gasteiger partial charge in [0.05, 0.1) is 5.52 Å². The van der Waals surface area contributed by atoms with E-state index in [1.54, 1.807) is 24.3 Å². The van der Waals surface area contributed by atoms with E-state index in [0.717, 1.165) is 19.5 Å². The van der Waals surface area contributed by atoms with Crippen LogP contribution in [0.3, 0.4) is 0 Å². The number of halogens is 3. The summed E-state index contributed by atoms with van der Waals surface area (Å²) in [5, 5.41) is 0.678. The van der Waals surface area contributed by atoms with Crippen LogP contribution in [0.5, 0.6) is 0 Å². The van der Waals surface area contributed by atoms with Gasteiger partial charge in [0, 0.05) is 18.5 Å².